The Morgan fingerprint density at radius 3 is 2.67 bits per heavy atom. The summed E-state index contributed by atoms with van der Waals surface area (Å²) in [6.45, 7) is 0. The largest absolute Gasteiger partial charge is 0.496 e. The Bertz CT molecular complexity index is 1040. The lowest BCUT2D eigenvalue weighted by molar-refractivity contribution is 0.416. The first-order chi connectivity index (χ1) is 11.7. The van der Waals surface area contributed by atoms with Gasteiger partial charge >= 0.3 is 0 Å². The molecule has 0 radical (unpaired) electrons. The highest BCUT2D eigenvalue weighted by Gasteiger charge is 2.18. The average Bonchev–Trinajstić information content (AvgIpc) is 3.15. The zero-order valence-corrected chi connectivity index (χ0v) is 14.7. The normalized spacial score (nSPS) is 11.1. The number of aromatic nitrogens is 4. The Labute approximate surface area is 151 Å². The molecular formula is C16H10Cl2N4OS. The van der Waals surface area contributed by atoms with E-state index >= 15 is 0 Å². The molecule has 0 fully saturated rings. The number of ether oxygens (including phenoxy) is 1. The third kappa shape index (κ3) is 2.53. The van der Waals surface area contributed by atoms with Crippen LogP contribution in [-0.4, -0.2) is 26.9 Å². The minimum atomic E-state index is 0.548. The van der Waals surface area contributed by atoms with Crippen LogP contribution in [0.5, 0.6) is 5.75 Å². The second-order valence-electron chi connectivity index (χ2n) is 4.95. The van der Waals surface area contributed by atoms with Gasteiger partial charge in [0.25, 0.3) is 0 Å². The van der Waals surface area contributed by atoms with Gasteiger partial charge in [-0.3, -0.25) is 0 Å². The predicted octanol–water partition coefficient (Wildman–Crippen LogP) is 4.84. The Balaban J connectivity index is 1.87. The molecular weight excluding hydrogens is 367 g/mol. The Kier molecular flexibility index (Phi) is 3.88. The lowest BCUT2D eigenvalue weighted by Crippen LogP contribution is -1.94. The molecule has 120 valence electrons. The molecule has 0 atom stereocenters. The van der Waals surface area contributed by atoms with E-state index in [-0.39, 0.29) is 0 Å². The molecule has 0 saturated carbocycles. The van der Waals surface area contributed by atoms with Crippen molar-refractivity contribution in [2.45, 2.75) is 0 Å². The minimum absolute atomic E-state index is 0.548. The van der Waals surface area contributed by atoms with Gasteiger partial charge in [-0.25, -0.2) is 0 Å². The molecule has 0 aliphatic carbocycles. The highest BCUT2D eigenvalue weighted by molar-refractivity contribution is 7.19. The van der Waals surface area contributed by atoms with Crippen LogP contribution < -0.4 is 4.74 Å². The zero-order chi connectivity index (χ0) is 16.7. The molecule has 0 bridgehead atoms. The number of methoxy groups -OCH3 is 1. The van der Waals surface area contributed by atoms with E-state index in [1.807, 2.05) is 30.3 Å². The van der Waals surface area contributed by atoms with Crippen LogP contribution in [0, 0.1) is 0 Å². The number of hydrogen-bond acceptors (Lipinski definition) is 5. The summed E-state index contributed by atoms with van der Waals surface area (Å²) in [4.78, 5) is 0.678. The summed E-state index contributed by atoms with van der Waals surface area (Å²) in [5.41, 5.74) is 1.63. The summed E-state index contributed by atoms with van der Waals surface area (Å²) in [5.74, 6) is 1.33. The number of halogens is 2. The van der Waals surface area contributed by atoms with E-state index in [0.717, 1.165) is 16.1 Å². The van der Waals surface area contributed by atoms with Gasteiger partial charge in [0.05, 0.1) is 17.7 Å². The molecule has 4 rings (SSSR count). The van der Waals surface area contributed by atoms with Crippen molar-refractivity contribution < 1.29 is 4.74 Å². The van der Waals surface area contributed by atoms with Crippen molar-refractivity contribution in [2.75, 3.05) is 7.11 Å². The maximum Gasteiger partial charge on any atom is 0.235 e. The summed E-state index contributed by atoms with van der Waals surface area (Å²) in [6.07, 6.45) is 0. The molecule has 0 aliphatic rings. The average molecular weight is 377 g/mol. The van der Waals surface area contributed by atoms with Crippen LogP contribution in [0.4, 0.5) is 0 Å². The fourth-order valence-corrected chi connectivity index (χ4v) is 3.82. The van der Waals surface area contributed by atoms with E-state index in [2.05, 4.69) is 15.3 Å². The van der Waals surface area contributed by atoms with Crippen LogP contribution in [0.1, 0.15) is 0 Å². The minimum Gasteiger partial charge on any atom is -0.496 e. The van der Waals surface area contributed by atoms with Crippen molar-refractivity contribution in [1.82, 2.24) is 19.8 Å². The standard InChI is InChI=1S/C16H10Cl2N4OS/c1-23-13-5-3-2-4-11(13)14-19-20-16-22(14)21-15(24-16)10-7-6-9(17)8-12(10)18/h2-8H,1H3. The van der Waals surface area contributed by atoms with E-state index in [1.54, 1.807) is 23.8 Å². The van der Waals surface area contributed by atoms with Gasteiger partial charge in [0.2, 0.25) is 4.96 Å². The predicted molar refractivity (Wildman–Crippen MR) is 96.1 cm³/mol. The number of para-hydroxylation sites is 1. The summed E-state index contributed by atoms with van der Waals surface area (Å²) in [6, 6.07) is 12.9. The van der Waals surface area contributed by atoms with Gasteiger partial charge in [-0.05, 0) is 30.3 Å². The second-order valence-corrected chi connectivity index (χ2v) is 6.75. The van der Waals surface area contributed by atoms with Gasteiger partial charge < -0.3 is 4.74 Å². The number of fused-ring (bicyclic) bond motifs is 1. The van der Waals surface area contributed by atoms with Crippen molar-refractivity contribution in [1.29, 1.82) is 0 Å². The second kappa shape index (κ2) is 6.05. The van der Waals surface area contributed by atoms with Gasteiger partial charge in [0.15, 0.2) is 5.82 Å². The van der Waals surface area contributed by atoms with Crippen LogP contribution in [0.15, 0.2) is 42.5 Å². The molecule has 8 heteroatoms. The Morgan fingerprint density at radius 2 is 1.88 bits per heavy atom. The molecule has 2 heterocycles. The molecule has 0 spiro atoms. The van der Waals surface area contributed by atoms with Crippen LogP contribution in [0.2, 0.25) is 10.0 Å². The molecule has 2 aromatic heterocycles. The van der Waals surface area contributed by atoms with E-state index in [4.69, 9.17) is 27.9 Å². The summed E-state index contributed by atoms with van der Waals surface area (Å²) in [7, 11) is 1.62. The SMILES string of the molecule is COc1ccccc1-c1nnc2sc(-c3ccc(Cl)cc3Cl)nn12. The highest BCUT2D eigenvalue weighted by Crippen LogP contribution is 2.35. The highest BCUT2D eigenvalue weighted by atomic mass is 35.5. The van der Waals surface area contributed by atoms with E-state index < -0.39 is 0 Å². The third-order valence-corrected chi connectivity index (χ3v) is 4.98. The smallest absolute Gasteiger partial charge is 0.235 e. The molecule has 24 heavy (non-hydrogen) atoms. The van der Waals surface area contributed by atoms with E-state index in [1.165, 1.54) is 11.3 Å². The van der Waals surface area contributed by atoms with Crippen molar-refractivity contribution in [3.8, 4) is 27.7 Å². The monoisotopic (exact) mass is 376 g/mol. The Morgan fingerprint density at radius 1 is 1.04 bits per heavy atom. The Hall–Kier alpha value is -2.15. The van der Waals surface area contributed by atoms with E-state index in [0.29, 0.717) is 26.6 Å². The number of rotatable bonds is 3. The molecule has 0 N–H and O–H groups in total. The maximum atomic E-state index is 6.28. The molecule has 0 amide bonds. The van der Waals surface area contributed by atoms with Gasteiger partial charge in [-0.2, -0.15) is 9.61 Å². The third-order valence-electron chi connectivity index (χ3n) is 3.50. The fraction of sp³-hybridized carbons (Fsp3) is 0.0625. The maximum absolute atomic E-state index is 6.28. The topological polar surface area (TPSA) is 52.3 Å². The molecule has 4 aromatic rings. The lowest BCUT2D eigenvalue weighted by Gasteiger charge is -2.05. The van der Waals surface area contributed by atoms with Gasteiger partial charge in [-0.1, -0.05) is 46.7 Å². The van der Waals surface area contributed by atoms with Gasteiger partial charge in [0.1, 0.15) is 10.8 Å². The van der Waals surface area contributed by atoms with Crippen molar-refractivity contribution in [2.24, 2.45) is 0 Å². The lowest BCUT2D eigenvalue weighted by atomic mass is 10.2. The quantitative estimate of drug-likeness (QED) is 0.513. The number of nitrogens with zero attached hydrogens (tertiary/aromatic N) is 4. The first-order valence-corrected chi connectivity index (χ1v) is 8.55. The summed E-state index contributed by atoms with van der Waals surface area (Å²) >= 11 is 13.6. The molecule has 2 aromatic carbocycles. The van der Waals surface area contributed by atoms with Gasteiger partial charge in [-0.15, -0.1) is 10.2 Å². The summed E-state index contributed by atoms with van der Waals surface area (Å²) < 4.78 is 7.10. The van der Waals surface area contributed by atoms with Crippen LogP contribution in [0.25, 0.3) is 26.9 Å². The van der Waals surface area contributed by atoms with Crippen molar-refractivity contribution in [3.63, 3.8) is 0 Å². The van der Waals surface area contributed by atoms with Gasteiger partial charge in [0, 0.05) is 10.6 Å². The van der Waals surface area contributed by atoms with Crippen LogP contribution in [0.3, 0.4) is 0 Å². The fourth-order valence-electron chi connectivity index (χ4n) is 2.39. The molecule has 5 nitrogen and oxygen atoms in total. The first kappa shape index (κ1) is 15.4. The zero-order valence-electron chi connectivity index (χ0n) is 12.4. The van der Waals surface area contributed by atoms with Crippen molar-refractivity contribution >= 4 is 39.5 Å². The number of benzene rings is 2. The van der Waals surface area contributed by atoms with E-state index in [9.17, 15) is 0 Å². The van der Waals surface area contributed by atoms with Crippen LogP contribution in [-0.2, 0) is 0 Å². The molecule has 0 unspecified atom stereocenters. The molecule has 0 saturated heterocycles. The van der Waals surface area contributed by atoms with Crippen LogP contribution >= 0.6 is 34.5 Å². The molecule has 0 aliphatic heterocycles. The first-order valence-electron chi connectivity index (χ1n) is 6.98. The number of hydrogen-bond donors (Lipinski definition) is 0. The summed E-state index contributed by atoms with van der Waals surface area (Å²) in [5, 5.41) is 14.9. The van der Waals surface area contributed by atoms with Crippen molar-refractivity contribution in [3.05, 3.63) is 52.5 Å².